The number of hydrogen-bond donors (Lipinski definition) is 2. The lowest BCUT2D eigenvalue weighted by Gasteiger charge is -2.29. The van der Waals surface area contributed by atoms with Gasteiger partial charge in [0.2, 0.25) is 5.91 Å². The highest BCUT2D eigenvalue weighted by atomic mass is 32.2. The normalized spacial score (nSPS) is 28.5. The van der Waals surface area contributed by atoms with Crippen LogP contribution in [0.2, 0.25) is 0 Å². The first-order valence-corrected chi connectivity index (χ1v) is 12.3. The maximum absolute atomic E-state index is 12.4. The van der Waals surface area contributed by atoms with Crippen LogP contribution < -0.4 is 10.1 Å². The summed E-state index contributed by atoms with van der Waals surface area (Å²) >= 11 is 1.91. The quantitative estimate of drug-likeness (QED) is 0.558. The van der Waals surface area contributed by atoms with E-state index in [0.717, 1.165) is 50.3 Å². The highest BCUT2D eigenvalue weighted by molar-refractivity contribution is 7.98. The number of carbonyl (C=O) groups excluding carboxylic acids is 1. The van der Waals surface area contributed by atoms with Gasteiger partial charge in [0.25, 0.3) is 6.47 Å². The van der Waals surface area contributed by atoms with Gasteiger partial charge in [-0.15, -0.1) is 0 Å². The summed E-state index contributed by atoms with van der Waals surface area (Å²) in [5, 5.41) is 10.1. The molecule has 0 aliphatic carbocycles. The lowest BCUT2D eigenvalue weighted by molar-refractivity contribution is -0.123. The van der Waals surface area contributed by atoms with Crippen LogP contribution in [0.4, 0.5) is 0 Å². The molecule has 0 aromatic heterocycles. The number of benzene rings is 1. The Morgan fingerprint density at radius 3 is 3.03 bits per heavy atom. The zero-order valence-electron chi connectivity index (χ0n) is 18.4. The van der Waals surface area contributed by atoms with Crippen molar-refractivity contribution in [3.8, 4) is 5.75 Å². The van der Waals surface area contributed by atoms with Crippen LogP contribution in [0.15, 0.2) is 24.3 Å². The number of rotatable bonds is 9. The van der Waals surface area contributed by atoms with Crippen molar-refractivity contribution in [2.24, 2.45) is 11.8 Å². The van der Waals surface area contributed by atoms with Gasteiger partial charge in [0, 0.05) is 50.2 Å². The Morgan fingerprint density at radius 2 is 2.29 bits per heavy atom. The molecular weight excluding hydrogens is 416 g/mol. The molecule has 0 saturated carbocycles. The number of nitrogens with one attached hydrogen (secondary N) is 1. The van der Waals surface area contributed by atoms with Gasteiger partial charge >= 0.3 is 0 Å². The lowest BCUT2D eigenvalue weighted by atomic mass is 9.73. The number of amides is 1. The molecule has 0 radical (unpaired) electrons. The molecule has 3 saturated heterocycles. The number of likely N-dealkylation sites (tertiary alicyclic amines) is 1. The second-order valence-electron chi connectivity index (χ2n) is 8.52. The van der Waals surface area contributed by atoms with E-state index in [4.69, 9.17) is 19.4 Å². The summed E-state index contributed by atoms with van der Waals surface area (Å²) in [6.45, 7) is 3.86. The summed E-state index contributed by atoms with van der Waals surface area (Å²) in [5.41, 5.74) is 1.20. The van der Waals surface area contributed by atoms with Crippen LogP contribution in [0.3, 0.4) is 0 Å². The Labute approximate surface area is 188 Å². The minimum absolute atomic E-state index is 0.0685. The van der Waals surface area contributed by atoms with E-state index in [1.165, 1.54) is 12.2 Å². The van der Waals surface area contributed by atoms with Gasteiger partial charge in [-0.2, -0.15) is 11.8 Å². The maximum Gasteiger partial charge on any atom is 0.290 e. The van der Waals surface area contributed by atoms with Crippen molar-refractivity contribution in [2.75, 3.05) is 45.3 Å². The van der Waals surface area contributed by atoms with E-state index >= 15 is 0 Å². The number of ether oxygens (including phenoxy) is 2. The molecule has 3 heterocycles. The average Bonchev–Trinajstić information content (AvgIpc) is 3.44. The maximum atomic E-state index is 12.4. The van der Waals surface area contributed by atoms with E-state index < -0.39 is 0 Å². The van der Waals surface area contributed by atoms with Crippen LogP contribution in [-0.2, 0) is 20.7 Å². The van der Waals surface area contributed by atoms with Crippen LogP contribution in [0, 0.1) is 11.8 Å². The number of carboxylic acid groups (broad SMARTS) is 1. The molecule has 3 aliphatic heterocycles. The third-order valence-electron chi connectivity index (χ3n) is 6.78. The summed E-state index contributed by atoms with van der Waals surface area (Å²) in [4.78, 5) is 23.4. The highest BCUT2D eigenvalue weighted by Crippen LogP contribution is 2.54. The van der Waals surface area contributed by atoms with Crippen molar-refractivity contribution >= 4 is 24.1 Å². The molecule has 1 aromatic rings. The standard InChI is InChI=1S/C22H32N2O3S.CH2O2/c1-26-17-5-3-4-16(12-17)6-7-21(25)23-13-18-19-14-24(10-11-28-2)15-22(19)9-8-20(18)27-22;2-1-3/h3-5,12,18-20H,6-11,13-15H2,1-2H3,(H,23,25);1H,(H,2,3)/t18-,19+,20+,22+;/m0./s1. The molecule has 3 aliphatic rings. The fraction of sp³-hybridized carbons (Fsp3) is 0.652. The smallest absolute Gasteiger partial charge is 0.290 e. The van der Waals surface area contributed by atoms with Crippen molar-refractivity contribution in [2.45, 2.75) is 37.4 Å². The van der Waals surface area contributed by atoms with Gasteiger partial charge in [-0.1, -0.05) is 12.1 Å². The van der Waals surface area contributed by atoms with Crippen LogP contribution in [0.5, 0.6) is 5.75 Å². The monoisotopic (exact) mass is 450 g/mol. The molecule has 0 unspecified atom stereocenters. The van der Waals surface area contributed by atoms with Gasteiger partial charge in [0.15, 0.2) is 0 Å². The van der Waals surface area contributed by atoms with Crippen molar-refractivity contribution in [1.29, 1.82) is 0 Å². The first kappa shape index (κ1) is 23.9. The SMILES string of the molecule is COc1cccc(CCC(=O)NC[C@H]2[C@H]3CN(CCSC)C[C@]34CC[C@H]2O4)c1.O=CO. The molecule has 1 amide bonds. The highest BCUT2D eigenvalue weighted by Gasteiger charge is 2.62. The van der Waals surface area contributed by atoms with Gasteiger partial charge in [-0.05, 0) is 43.2 Å². The first-order valence-electron chi connectivity index (χ1n) is 10.9. The Balaban J connectivity index is 0.000000858. The van der Waals surface area contributed by atoms with Crippen LogP contribution in [-0.4, -0.2) is 79.4 Å². The van der Waals surface area contributed by atoms with Gasteiger partial charge in [-0.25, -0.2) is 0 Å². The van der Waals surface area contributed by atoms with Crippen LogP contribution in [0.25, 0.3) is 0 Å². The fourth-order valence-electron chi connectivity index (χ4n) is 5.36. The second-order valence-corrected chi connectivity index (χ2v) is 9.50. The molecule has 2 bridgehead atoms. The van der Waals surface area contributed by atoms with Crippen molar-refractivity contribution in [3.05, 3.63) is 29.8 Å². The Morgan fingerprint density at radius 1 is 1.48 bits per heavy atom. The van der Waals surface area contributed by atoms with Crippen molar-refractivity contribution in [3.63, 3.8) is 0 Å². The zero-order chi connectivity index (χ0) is 22.3. The van der Waals surface area contributed by atoms with Crippen LogP contribution in [0.1, 0.15) is 24.8 Å². The van der Waals surface area contributed by atoms with E-state index in [2.05, 4.69) is 16.5 Å². The second kappa shape index (κ2) is 11.2. The molecule has 2 N–H and O–H groups in total. The van der Waals surface area contributed by atoms with Gasteiger partial charge in [0.1, 0.15) is 5.75 Å². The molecule has 31 heavy (non-hydrogen) atoms. The van der Waals surface area contributed by atoms with E-state index in [1.54, 1.807) is 7.11 Å². The van der Waals surface area contributed by atoms with Crippen molar-refractivity contribution in [1.82, 2.24) is 10.2 Å². The minimum atomic E-state index is -0.250. The summed E-state index contributed by atoms with van der Waals surface area (Å²) < 4.78 is 11.7. The van der Waals surface area contributed by atoms with E-state index in [-0.39, 0.29) is 18.0 Å². The Hall–Kier alpha value is -1.77. The molecule has 4 atom stereocenters. The third-order valence-corrected chi connectivity index (χ3v) is 7.37. The molecular formula is C23H34N2O5S. The molecule has 4 rings (SSSR count). The van der Waals surface area contributed by atoms with E-state index in [1.807, 2.05) is 36.0 Å². The molecule has 1 spiro atoms. The molecule has 7 nitrogen and oxygen atoms in total. The van der Waals surface area contributed by atoms with E-state index in [9.17, 15) is 4.79 Å². The van der Waals surface area contributed by atoms with Gasteiger partial charge in [-0.3, -0.25) is 14.5 Å². The first-order chi connectivity index (χ1) is 15.0. The zero-order valence-corrected chi connectivity index (χ0v) is 19.2. The van der Waals surface area contributed by atoms with Crippen LogP contribution >= 0.6 is 11.8 Å². The van der Waals surface area contributed by atoms with Crippen molar-refractivity contribution < 1.29 is 24.2 Å². The topological polar surface area (TPSA) is 88.1 Å². The van der Waals surface area contributed by atoms with Gasteiger partial charge < -0.3 is 19.9 Å². The average molecular weight is 451 g/mol. The molecule has 8 heteroatoms. The number of fused-ring (bicyclic) bond motifs is 1. The summed E-state index contributed by atoms with van der Waals surface area (Å²) in [6, 6.07) is 7.95. The number of thioether (sulfide) groups is 1. The number of hydrogen-bond acceptors (Lipinski definition) is 6. The molecule has 172 valence electrons. The number of aryl methyl sites for hydroxylation is 1. The van der Waals surface area contributed by atoms with E-state index in [0.29, 0.717) is 24.4 Å². The van der Waals surface area contributed by atoms with Gasteiger partial charge in [0.05, 0.1) is 18.8 Å². The number of carbonyl (C=O) groups is 2. The predicted molar refractivity (Wildman–Crippen MR) is 122 cm³/mol. The Bertz CT molecular complexity index is 748. The fourth-order valence-corrected chi connectivity index (χ4v) is 5.80. The third kappa shape index (κ3) is 5.73. The number of nitrogens with zero attached hydrogens (tertiary/aromatic N) is 1. The summed E-state index contributed by atoms with van der Waals surface area (Å²) in [7, 11) is 1.67. The summed E-state index contributed by atoms with van der Waals surface area (Å²) in [5.74, 6) is 3.20. The Kier molecular flexibility index (Phi) is 8.63. The largest absolute Gasteiger partial charge is 0.497 e. The summed E-state index contributed by atoms with van der Waals surface area (Å²) in [6.07, 6.45) is 6.10. The molecule has 3 fully saturated rings. The predicted octanol–water partition coefficient (Wildman–Crippen LogP) is 2.29. The molecule has 1 aromatic carbocycles. The minimum Gasteiger partial charge on any atom is -0.497 e. The lowest BCUT2D eigenvalue weighted by Crippen LogP contribution is -2.41. The number of methoxy groups -OCH3 is 1.